The van der Waals surface area contributed by atoms with E-state index in [1.54, 1.807) is 57.7 Å². The van der Waals surface area contributed by atoms with Crippen LogP contribution in [0, 0.1) is 0 Å². The molecule has 38 heavy (non-hydrogen) atoms. The van der Waals surface area contributed by atoms with Crippen molar-refractivity contribution in [2.24, 2.45) is 5.10 Å². The number of hydrogen-bond acceptors (Lipinski definition) is 6. The van der Waals surface area contributed by atoms with Gasteiger partial charge in [0.05, 0.1) is 32.6 Å². The first-order valence-corrected chi connectivity index (χ1v) is 12.5. The molecule has 9 heteroatoms. The molecule has 198 valence electrons. The quantitative estimate of drug-likeness (QED) is 0.372. The zero-order valence-electron chi connectivity index (χ0n) is 21.6. The monoisotopic (exact) mass is 535 g/mol. The number of amides is 2. The molecule has 8 nitrogen and oxygen atoms in total. The first kappa shape index (κ1) is 27.2. The minimum absolute atomic E-state index is 0.155. The molecule has 0 bridgehead atoms. The van der Waals surface area contributed by atoms with Crippen LogP contribution in [0.5, 0.6) is 11.5 Å². The van der Waals surface area contributed by atoms with Gasteiger partial charge in [-0.15, -0.1) is 0 Å². The van der Waals surface area contributed by atoms with Crippen molar-refractivity contribution in [2.75, 3.05) is 41.0 Å². The molecule has 0 N–H and O–H groups in total. The molecule has 0 aliphatic carbocycles. The first-order chi connectivity index (χ1) is 18.4. The lowest BCUT2D eigenvalue weighted by molar-refractivity contribution is -0.133. The van der Waals surface area contributed by atoms with Gasteiger partial charge in [0.2, 0.25) is 0 Å². The molecule has 4 rings (SSSR count). The number of hydrogen-bond donors (Lipinski definition) is 0. The number of carbonyl (C=O) groups excluding carboxylic acids is 2. The van der Waals surface area contributed by atoms with Crippen LogP contribution in [-0.2, 0) is 9.53 Å². The van der Waals surface area contributed by atoms with Crippen LogP contribution in [0.3, 0.4) is 0 Å². The molecule has 0 aromatic heterocycles. The molecule has 1 unspecified atom stereocenters. The van der Waals surface area contributed by atoms with Crippen molar-refractivity contribution in [3.05, 3.63) is 94.5 Å². The third kappa shape index (κ3) is 6.33. The average molecular weight is 536 g/mol. The van der Waals surface area contributed by atoms with E-state index in [0.717, 1.165) is 22.6 Å². The van der Waals surface area contributed by atoms with Crippen LogP contribution in [0.2, 0.25) is 5.02 Å². The van der Waals surface area contributed by atoms with Gasteiger partial charge in [0.1, 0.15) is 18.0 Å². The lowest BCUT2D eigenvalue weighted by Crippen LogP contribution is -2.42. The molecule has 1 atom stereocenters. The Balaban J connectivity index is 1.61. The van der Waals surface area contributed by atoms with Gasteiger partial charge in [-0.05, 0) is 71.8 Å². The highest BCUT2D eigenvalue weighted by Gasteiger charge is 2.34. The first-order valence-electron chi connectivity index (χ1n) is 12.1. The second kappa shape index (κ2) is 12.6. The second-order valence-electron chi connectivity index (χ2n) is 8.73. The van der Waals surface area contributed by atoms with Crippen LogP contribution in [0.25, 0.3) is 0 Å². The van der Waals surface area contributed by atoms with Crippen molar-refractivity contribution in [3.63, 3.8) is 0 Å². The molecule has 1 heterocycles. The summed E-state index contributed by atoms with van der Waals surface area (Å²) in [5.74, 6) is 0.802. The van der Waals surface area contributed by atoms with Crippen LogP contribution >= 0.6 is 11.6 Å². The summed E-state index contributed by atoms with van der Waals surface area (Å²) in [6, 6.07) is 21.4. The van der Waals surface area contributed by atoms with E-state index in [0.29, 0.717) is 22.8 Å². The van der Waals surface area contributed by atoms with E-state index in [-0.39, 0.29) is 37.6 Å². The summed E-state index contributed by atoms with van der Waals surface area (Å²) in [5, 5.41) is 6.81. The molecule has 1 aliphatic heterocycles. The summed E-state index contributed by atoms with van der Waals surface area (Å²) >= 11 is 6.11. The Kier molecular flexibility index (Phi) is 8.99. The molecule has 0 fully saturated rings. The summed E-state index contributed by atoms with van der Waals surface area (Å²) in [4.78, 5) is 28.5. The van der Waals surface area contributed by atoms with Crippen molar-refractivity contribution >= 4 is 29.1 Å². The number of rotatable bonds is 10. The Morgan fingerprint density at radius 2 is 1.53 bits per heavy atom. The summed E-state index contributed by atoms with van der Waals surface area (Å²) in [6.07, 6.45) is 0.518. The second-order valence-corrected chi connectivity index (χ2v) is 9.17. The zero-order chi connectivity index (χ0) is 27.1. The van der Waals surface area contributed by atoms with Gasteiger partial charge in [0.25, 0.3) is 11.8 Å². The summed E-state index contributed by atoms with van der Waals surface area (Å²) in [7, 11) is 4.73. The Morgan fingerprint density at radius 3 is 2.11 bits per heavy atom. The van der Waals surface area contributed by atoms with Crippen molar-refractivity contribution in [3.8, 4) is 11.5 Å². The zero-order valence-corrected chi connectivity index (χ0v) is 22.4. The molecule has 0 saturated carbocycles. The van der Waals surface area contributed by atoms with E-state index < -0.39 is 0 Å². The number of ether oxygens (including phenoxy) is 3. The molecular formula is C29H30ClN3O5. The molecule has 3 aromatic rings. The predicted octanol–water partition coefficient (Wildman–Crippen LogP) is 4.82. The number of hydrazone groups is 1. The SMILES string of the molecule is COCCN(CC(=O)N1N=C(c2ccc(OC)cc2)CC1c1ccc(Cl)cc1)C(=O)c1ccc(OC)cc1. The summed E-state index contributed by atoms with van der Waals surface area (Å²) in [5.41, 5.74) is 3.02. The standard InChI is InChI=1S/C29H30ClN3O5/c1-36-17-16-32(29(35)22-8-14-25(38-3)15-9-22)19-28(34)33-27(21-4-10-23(30)11-5-21)18-26(31-33)20-6-12-24(37-2)13-7-20/h4-15,27H,16-19H2,1-3H3. The number of carbonyl (C=O) groups is 2. The van der Waals surface area contributed by atoms with Gasteiger partial charge in [-0.2, -0.15) is 5.10 Å². The predicted molar refractivity (Wildman–Crippen MR) is 146 cm³/mol. The maximum absolute atomic E-state index is 13.7. The summed E-state index contributed by atoms with van der Waals surface area (Å²) in [6.45, 7) is 0.384. The lowest BCUT2D eigenvalue weighted by atomic mass is 9.98. The maximum atomic E-state index is 13.7. The Hall–Kier alpha value is -3.88. The minimum Gasteiger partial charge on any atom is -0.497 e. The van der Waals surface area contributed by atoms with Gasteiger partial charge in [-0.3, -0.25) is 9.59 Å². The van der Waals surface area contributed by atoms with E-state index in [4.69, 9.17) is 30.9 Å². The van der Waals surface area contributed by atoms with E-state index in [9.17, 15) is 9.59 Å². The molecule has 0 saturated heterocycles. The van der Waals surface area contributed by atoms with Crippen LogP contribution in [0.1, 0.15) is 33.9 Å². The smallest absolute Gasteiger partial charge is 0.262 e. The van der Waals surface area contributed by atoms with E-state index >= 15 is 0 Å². The topological polar surface area (TPSA) is 80.7 Å². The fraction of sp³-hybridized carbons (Fsp3) is 0.276. The fourth-order valence-corrected chi connectivity index (χ4v) is 4.37. The Morgan fingerprint density at radius 1 is 0.921 bits per heavy atom. The molecule has 2 amide bonds. The molecule has 0 spiro atoms. The highest BCUT2D eigenvalue weighted by Crippen LogP contribution is 2.34. The van der Waals surface area contributed by atoms with Gasteiger partial charge in [-0.25, -0.2) is 5.01 Å². The van der Waals surface area contributed by atoms with Crippen LogP contribution in [0.15, 0.2) is 77.9 Å². The van der Waals surface area contributed by atoms with Crippen molar-refractivity contribution in [1.29, 1.82) is 0 Å². The molecule has 0 radical (unpaired) electrons. The van der Waals surface area contributed by atoms with Crippen LogP contribution in [-0.4, -0.2) is 68.5 Å². The van der Waals surface area contributed by atoms with Gasteiger partial charge in [-0.1, -0.05) is 23.7 Å². The van der Waals surface area contributed by atoms with Gasteiger partial charge < -0.3 is 19.1 Å². The van der Waals surface area contributed by atoms with E-state index in [1.165, 1.54) is 9.91 Å². The van der Waals surface area contributed by atoms with Gasteiger partial charge in [0.15, 0.2) is 0 Å². The van der Waals surface area contributed by atoms with E-state index in [1.807, 2.05) is 36.4 Å². The third-order valence-corrected chi connectivity index (χ3v) is 6.61. The van der Waals surface area contributed by atoms with Gasteiger partial charge >= 0.3 is 0 Å². The normalized spacial score (nSPS) is 14.7. The number of methoxy groups -OCH3 is 3. The van der Waals surface area contributed by atoms with Crippen molar-refractivity contribution < 1.29 is 23.8 Å². The summed E-state index contributed by atoms with van der Waals surface area (Å²) < 4.78 is 15.7. The average Bonchev–Trinajstić information content (AvgIpc) is 3.41. The molecule has 1 aliphatic rings. The largest absolute Gasteiger partial charge is 0.497 e. The van der Waals surface area contributed by atoms with E-state index in [2.05, 4.69) is 0 Å². The van der Waals surface area contributed by atoms with Crippen LogP contribution < -0.4 is 9.47 Å². The molecular weight excluding hydrogens is 506 g/mol. The lowest BCUT2D eigenvalue weighted by Gasteiger charge is -2.27. The minimum atomic E-state index is -0.336. The molecule has 3 aromatic carbocycles. The number of nitrogens with zero attached hydrogens (tertiary/aromatic N) is 3. The Labute approximate surface area is 227 Å². The number of halogens is 1. The van der Waals surface area contributed by atoms with Crippen molar-refractivity contribution in [2.45, 2.75) is 12.5 Å². The maximum Gasteiger partial charge on any atom is 0.262 e. The number of benzene rings is 3. The van der Waals surface area contributed by atoms with Gasteiger partial charge in [0, 0.05) is 30.7 Å². The Bertz CT molecular complexity index is 1280. The van der Waals surface area contributed by atoms with Crippen molar-refractivity contribution in [1.82, 2.24) is 9.91 Å². The van der Waals surface area contributed by atoms with Crippen LogP contribution in [0.4, 0.5) is 0 Å². The highest BCUT2D eigenvalue weighted by molar-refractivity contribution is 6.30. The highest BCUT2D eigenvalue weighted by atomic mass is 35.5. The fourth-order valence-electron chi connectivity index (χ4n) is 4.25. The third-order valence-electron chi connectivity index (χ3n) is 6.36.